The number of amides is 1. The van der Waals surface area contributed by atoms with Gasteiger partial charge in [-0.15, -0.1) is 0 Å². The first-order valence-corrected chi connectivity index (χ1v) is 12.2. The van der Waals surface area contributed by atoms with E-state index in [1.54, 1.807) is 24.3 Å². The fraction of sp³-hybridized carbons (Fsp3) is 0. The van der Waals surface area contributed by atoms with Gasteiger partial charge in [0.15, 0.2) is 0 Å². The van der Waals surface area contributed by atoms with Crippen molar-refractivity contribution in [2.24, 2.45) is 0 Å². The van der Waals surface area contributed by atoms with Gasteiger partial charge in [-0.25, -0.2) is 13.2 Å². The molecular weight excluding hydrogens is 484 g/mol. The summed E-state index contributed by atoms with van der Waals surface area (Å²) < 4.78 is 34.1. The number of nitrogens with zero attached hydrogens (tertiary/aromatic N) is 2. The van der Waals surface area contributed by atoms with Crippen LogP contribution in [0.5, 0.6) is 0 Å². The van der Waals surface area contributed by atoms with Gasteiger partial charge >= 0.3 is 4.94 Å². The van der Waals surface area contributed by atoms with Crippen molar-refractivity contribution < 1.29 is 17.6 Å². The maximum absolute atomic E-state index is 13.9. The van der Waals surface area contributed by atoms with Crippen LogP contribution < -0.4 is 9.24 Å². The predicted octanol–water partition coefficient (Wildman–Crippen LogP) is 5.09. The molecule has 0 aliphatic rings. The first-order chi connectivity index (χ1) is 15.8. The van der Waals surface area contributed by atoms with Gasteiger partial charge < -0.3 is 4.42 Å². The Morgan fingerprint density at radius 1 is 1.00 bits per heavy atom. The topological polar surface area (TPSA) is 97.5 Å². The minimum absolute atomic E-state index is 0.0624. The van der Waals surface area contributed by atoms with E-state index in [2.05, 4.69) is 4.98 Å². The summed E-state index contributed by atoms with van der Waals surface area (Å²) in [5.74, 6) is -0.783. The van der Waals surface area contributed by atoms with Crippen LogP contribution in [0, 0.1) is 0 Å². The highest BCUT2D eigenvalue weighted by atomic mass is 35.5. The van der Waals surface area contributed by atoms with E-state index in [0.29, 0.717) is 25.0 Å². The Kier molecular flexibility index (Phi) is 5.24. The molecule has 5 rings (SSSR count). The summed E-state index contributed by atoms with van der Waals surface area (Å²) in [6.45, 7) is 0. The number of aromatic nitrogens is 1. The zero-order valence-electron chi connectivity index (χ0n) is 16.6. The maximum Gasteiger partial charge on any atom is 0.396 e. The third-order valence-electron chi connectivity index (χ3n) is 4.94. The third-order valence-corrected chi connectivity index (χ3v) is 7.72. The Morgan fingerprint density at radius 3 is 2.55 bits per heavy atom. The Bertz CT molecular complexity index is 1690. The van der Waals surface area contributed by atoms with Gasteiger partial charge in [0.25, 0.3) is 15.9 Å². The lowest BCUT2D eigenvalue weighted by Crippen LogP contribution is -2.37. The molecule has 0 atom stereocenters. The normalized spacial score (nSPS) is 11.7. The molecule has 0 radical (unpaired) electrons. The van der Waals surface area contributed by atoms with E-state index in [0.717, 1.165) is 11.3 Å². The van der Waals surface area contributed by atoms with Crippen LogP contribution in [-0.2, 0) is 10.0 Å². The molecule has 10 heteroatoms. The molecule has 0 saturated heterocycles. The second-order valence-corrected chi connectivity index (χ2v) is 10.2. The molecule has 33 heavy (non-hydrogen) atoms. The lowest BCUT2D eigenvalue weighted by Gasteiger charge is -2.23. The number of halogens is 1. The van der Waals surface area contributed by atoms with E-state index >= 15 is 0 Å². The number of carbonyl (C=O) groups excluding carboxylic acids is 1. The minimum atomic E-state index is -4.42. The molecule has 164 valence electrons. The first kappa shape index (κ1) is 21.3. The van der Waals surface area contributed by atoms with Gasteiger partial charge in [0.1, 0.15) is 10.5 Å². The first-order valence-electron chi connectivity index (χ1n) is 9.57. The van der Waals surface area contributed by atoms with Gasteiger partial charge in [0.2, 0.25) is 0 Å². The average molecular weight is 497 g/mol. The van der Waals surface area contributed by atoms with Crippen molar-refractivity contribution in [3.8, 4) is 0 Å². The van der Waals surface area contributed by atoms with Gasteiger partial charge in [0.05, 0.1) is 15.9 Å². The van der Waals surface area contributed by atoms with Crippen molar-refractivity contribution in [1.29, 1.82) is 0 Å². The molecule has 3 aromatic carbocycles. The standard InChI is InChI=1S/C23H13ClN2O5S2/c24-16-8-6-15(7-9-16)22(27)26(17-10-11-18-19(13-17)32-23(28)31-18)33(29,30)20-5-1-3-14-4-2-12-25-21(14)20/h1-13H. The molecule has 0 fully saturated rings. The van der Waals surface area contributed by atoms with Crippen molar-refractivity contribution in [1.82, 2.24) is 4.98 Å². The summed E-state index contributed by atoms with van der Waals surface area (Å²) in [4.78, 5) is 28.8. The molecule has 0 saturated carbocycles. The van der Waals surface area contributed by atoms with Crippen molar-refractivity contribution >= 4 is 65.7 Å². The molecule has 5 aromatic rings. The van der Waals surface area contributed by atoms with Crippen LogP contribution >= 0.6 is 22.9 Å². The molecular formula is C23H13ClN2O5S2. The molecule has 0 aliphatic heterocycles. The van der Waals surface area contributed by atoms with Crippen LogP contribution in [0.25, 0.3) is 21.2 Å². The van der Waals surface area contributed by atoms with E-state index in [1.807, 2.05) is 0 Å². The number of anilines is 1. The number of sulfonamides is 1. The Hall–Kier alpha value is -3.53. The van der Waals surface area contributed by atoms with Gasteiger partial charge in [-0.3, -0.25) is 9.78 Å². The quantitative estimate of drug-likeness (QED) is 0.343. The number of para-hydroxylation sites is 1. The summed E-state index contributed by atoms with van der Waals surface area (Å²) in [5.41, 5.74) is 0.726. The van der Waals surface area contributed by atoms with Crippen LogP contribution in [-0.4, -0.2) is 19.3 Å². The number of hydrogen-bond acceptors (Lipinski definition) is 7. The van der Waals surface area contributed by atoms with Crippen LogP contribution in [0.1, 0.15) is 10.4 Å². The van der Waals surface area contributed by atoms with Crippen molar-refractivity contribution in [2.45, 2.75) is 4.90 Å². The lowest BCUT2D eigenvalue weighted by atomic mass is 10.2. The fourth-order valence-corrected chi connectivity index (χ4v) is 5.85. The smallest absolute Gasteiger partial charge is 0.396 e. The van der Waals surface area contributed by atoms with Crippen LogP contribution in [0.3, 0.4) is 0 Å². The Labute approximate surface area is 196 Å². The summed E-state index contributed by atoms with van der Waals surface area (Å²) in [6, 6.07) is 18.4. The molecule has 0 N–H and O–H groups in total. The average Bonchev–Trinajstić information content (AvgIpc) is 3.18. The third kappa shape index (κ3) is 3.80. The van der Waals surface area contributed by atoms with E-state index in [4.69, 9.17) is 16.0 Å². The highest BCUT2D eigenvalue weighted by Crippen LogP contribution is 2.32. The fourth-order valence-electron chi connectivity index (χ4n) is 3.45. The van der Waals surface area contributed by atoms with E-state index in [-0.39, 0.29) is 21.7 Å². The molecule has 2 heterocycles. The van der Waals surface area contributed by atoms with E-state index < -0.39 is 20.9 Å². The second-order valence-electron chi connectivity index (χ2n) is 7.00. The lowest BCUT2D eigenvalue weighted by molar-refractivity contribution is 0.101. The van der Waals surface area contributed by atoms with Gasteiger partial charge in [-0.1, -0.05) is 41.1 Å². The Morgan fingerprint density at radius 2 is 1.76 bits per heavy atom. The summed E-state index contributed by atoms with van der Waals surface area (Å²) in [5, 5.41) is 1.02. The molecule has 7 nitrogen and oxygen atoms in total. The van der Waals surface area contributed by atoms with Crippen molar-refractivity contribution in [3.05, 3.63) is 99.3 Å². The number of fused-ring (bicyclic) bond motifs is 2. The van der Waals surface area contributed by atoms with E-state index in [9.17, 15) is 18.0 Å². The van der Waals surface area contributed by atoms with Crippen LogP contribution in [0.2, 0.25) is 5.02 Å². The zero-order chi connectivity index (χ0) is 23.2. The molecule has 0 aliphatic carbocycles. The molecule has 0 unspecified atom stereocenters. The molecule has 0 spiro atoms. The number of hydrogen-bond donors (Lipinski definition) is 0. The largest absolute Gasteiger partial charge is 0.414 e. The number of benzene rings is 3. The summed E-state index contributed by atoms with van der Waals surface area (Å²) in [7, 11) is -4.42. The van der Waals surface area contributed by atoms with Crippen molar-refractivity contribution in [3.63, 3.8) is 0 Å². The van der Waals surface area contributed by atoms with Crippen molar-refractivity contribution in [2.75, 3.05) is 4.31 Å². The predicted molar refractivity (Wildman–Crippen MR) is 128 cm³/mol. The zero-order valence-corrected chi connectivity index (χ0v) is 19.0. The number of rotatable bonds is 4. The van der Waals surface area contributed by atoms with E-state index in [1.165, 1.54) is 54.7 Å². The summed E-state index contributed by atoms with van der Waals surface area (Å²) in [6.07, 6.45) is 1.49. The highest BCUT2D eigenvalue weighted by molar-refractivity contribution is 7.93. The molecule has 2 aromatic heterocycles. The SMILES string of the molecule is O=C(c1ccc(Cl)cc1)N(c1ccc2oc(=O)sc2c1)S(=O)(=O)c1cccc2cccnc12. The van der Waals surface area contributed by atoms with Gasteiger partial charge in [-0.05, 0) is 54.6 Å². The number of pyridine rings is 1. The van der Waals surface area contributed by atoms with Crippen LogP contribution in [0.4, 0.5) is 5.69 Å². The highest BCUT2D eigenvalue weighted by Gasteiger charge is 2.34. The minimum Gasteiger partial charge on any atom is -0.414 e. The molecule has 1 amide bonds. The molecule has 0 bridgehead atoms. The second kappa shape index (κ2) is 8.11. The Balaban J connectivity index is 1.75. The summed E-state index contributed by atoms with van der Waals surface area (Å²) >= 11 is 6.76. The van der Waals surface area contributed by atoms with Gasteiger partial charge in [-0.2, -0.15) is 4.31 Å². The van der Waals surface area contributed by atoms with Gasteiger partial charge in [0, 0.05) is 22.2 Å². The maximum atomic E-state index is 13.9. The van der Waals surface area contributed by atoms with Crippen LogP contribution in [0.15, 0.2) is 93.1 Å². The monoisotopic (exact) mass is 496 g/mol. The number of carbonyl (C=O) groups is 1.